The number of pyridine rings is 2. The zero-order valence-electron chi connectivity index (χ0n) is 12.9. The van der Waals surface area contributed by atoms with E-state index in [4.69, 9.17) is 16.3 Å². The normalized spacial score (nSPS) is 15.0. The first-order valence-corrected chi connectivity index (χ1v) is 8.93. The number of anilines is 1. The number of morpholine rings is 1. The maximum absolute atomic E-state index is 6.32. The van der Waals surface area contributed by atoms with E-state index in [0.29, 0.717) is 5.15 Å². The SMILES string of the molecule is Clc1nc(-c2ccc(N3CCOCC3)c(Br)c2)cc2ncccc12. The Balaban J connectivity index is 1.73. The highest BCUT2D eigenvalue weighted by Crippen LogP contribution is 2.33. The van der Waals surface area contributed by atoms with Crippen molar-refractivity contribution in [2.45, 2.75) is 0 Å². The van der Waals surface area contributed by atoms with Gasteiger partial charge in [-0.25, -0.2) is 4.98 Å². The maximum Gasteiger partial charge on any atom is 0.139 e. The van der Waals surface area contributed by atoms with Crippen LogP contribution in [0.15, 0.2) is 47.1 Å². The van der Waals surface area contributed by atoms with Crippen molar-refractivity contribution in [1.29, 1.82) is 0 Å². The molecule has 4 rings (SSSR count). The van der Waals surface area contributed by atoms with Crippen LogP contribution in [-0.4, -0.2) is 36.3 Å². The van der Waals surface area contributed by atoms with Crippen molar-refractivity contribution in [3.05, 3.63) is 52.2 Å². The second-order valence-electron chi connectivity index (χ2n) is 5.63. The summed E-state index contributed by atoms with van der Waals surface area (Å²) in [4.78, 5) is 11.2. The van der Waals surface area contributed by atoms with E-state index in [2.05, 4.69) is 49.0 Å². The Labute approximate surface area is 153 Å². The molecule has 6 heteroatoms. The molecule has 122 valence electrons. The topological polar surface area (TPSA) is 38.2 Å². The van der Waals surface area contributed by atoms with Crippen LogP contribution in [-0.2, 0) is 4.74 Å². The van der Waals surface area contributed by atoms with Crippen LogP contribution in [0, 0.1) is 0 Å². The molecule has 0 aliphatic carbocycles. The molecule has 0 spiro atoms. The number of halogens is 2. The second-order valence-corrected chi connectivity index (χ2v) is 6.85. The van der Waals surface area contributed by atoms with E-state index in [0.717, 1.165) is 52.9 Å². The molecule has 0 amide bonds. The molecule has 0 bridgehead atoms. The first-order valence-electron chi connectivity index (χ1n) is 7.76. The van der Waals surface area contributed by atoms with Gasteiger partial charge in [-0.15, -0.1) is 0 Å². The van der Waals surface area contributed by atoms with E-state index in [1.165, 1.54) is 5.69 Å². The van der Waals surface area contributed by atoms with Gasteiger partial charge in [0.15, 0.2) is 0 Å². The predicted octanol–water partition coefficient (Wildman–Crippen LogP) is 4.55. The van der Waals surface area contributed by atoms with Crippen molar-refractivity contribution in [2.24, 2.45) is 0 Å². The summed E-state index contributed by atoms with van der Waals surface area (Å²) < 4.78 is 6.46. The first kappa shape index (κ1) is 15.8. The molecule has 2 aromatic heterocycles. The van der Waals surface area contributed by atoms with Crippen LogP contribution >= 0.6 is 27.5 Å². The summed E-state index contributed by atoms with van der Waals surface area (Å²) in [6, 6.07) is 12.0. The number of hydrogen-bond acceptors (Lipinski definition) is 4. The van der Waals surface area contributed by atoms with Crippen LogP contribution in [0.3, 0.4) is 0 Å². The molecule has 1 aliphatic heterocycles. The summed E-state index contributed by atoms with van der Waals surface area (Å²) >= 11 is 10.0. The van der Waals surface area contributed by atoms with Crippen LogP contribution in [0.2, 0.25) is 5.15 Å². The van der Waals surface area contributed by atoms with Gasteiger partial charge < -0.3 is 9.64 Å². The molecule has 24 heavy (non-hydrogen) atoms. The smallest absolute Gasteiger partial charge is 0.139 e. The lowest BCUT2D eigenvalue weighted by atomic mass is 10.1. The molecule has 3 aromatic rings. The number of aromatic nitrogens is 2. The molecule has 1 aliphatic rings. The van der Waals surface area contributed by atoms with Gasteiger partial charge in [0.25, 0.3) is 0 Å². The molecule has 3 heterocycles. The minimum absolute atomic E-state index is 0.476. The van der Waals surface area contributed by atoms with Gasteiger partial charge in [-0.3, -0.25) is 4.98 Å². The molecule has 0 saturated carbocycles. The predicted molar refractivity (Wildman–Crippen MR) is 101 cm³/mol. The van der Waals surface area contributed by atoms with Gasteiger partial charge in [-0.1, -0.05) is 17.7 Å². The quantitative estimate of drug-likeness (QED) is 0.587. The first-order chi connectivity index (χ1) is 11.7. The fraction of sp³-hybridized carbons (Fsp3) is 0.222. The van der Waals surface area contributed by atoms with Crippen molar-refractivity contribution in [2.75, 3.05) is 31.2 Å². The summed E-state index contributed by atoms with van der Waals surface area (Å²) in [7, 11) is 0. The zero-order valence-corrected chi connectivity index (χ0v) is 15.2. The molecule has 1 fully saturated rings. The number of benzene rings is 1. The number of nitrogens with zero attached hydrogens (tertiary/aromatic N) is 3. The zero-order chi connectivity index (χ0) is 16.5. The van der Waals surface area contributed by atoms with Crippen LogP contribution in [0.25, 0.3) is 22.2 Å². The van der Waals surface area contributed by atoms with Crippen LogP contribution < -0.4 is 4.90 Å². The highest BCUT2D eigenvalue weighted by Gasteiger charge is 2.15. The summed E-state index contributed by atoms with van der Waals surface area (Å²) in [5.74, 6) is 0. The molecular weight excluding hydrogens is 390 g/mol. The molecule has 1 saturated heterocycles. The highest BCUT2D eigenvalue weighted by atomic mass is 79.9. The lowest BCUT2D eigenvalue weighted by molar-refractivity contribution is 0.122. The van der Waals surface area contributed by atoms with Crippen molar-refractivity contribution in [3.63, 3.8) is 0 Å². The lowest BCUT2D eigenvalue weighted by Gasteiger charge is -2.29. The van der Waals surface area contributed by atoms with E-state index < -0.39 is 0 Å². The largest absolute Gasteiger partial charge is 0.378 e. The van der Waals surface area contributed by atoms with Crippen molar-refractivity contribution in [1.82, 2.24) is 9.97 Å². The van der Waals surface area contributed by atoms with Gasteiger partial charge in [0, 0.05) is 34.7 Å². The Morgan fingerprint density at radius 1 is 1.12 bits per heavy atom. The van der Waals surface area contributed by atoms with Crippen LogP contribution in [0.5, 0.6) is 0 Å². The number of fused-ring (bicyclic) bond motifs is 1. The molecule has 4 nitrogen and oxygen atoms in total. The third-order valence-corrected chi connectivity index (χ3v) is 5.07. The van der Waals surface area contributed by atoms with Gasteiger partial charge in [0.2, 0.25) is 0 Å². The van der Waals surface area contributed by atoms with Gasteiger partial charge in [-0.2, -0.15) is 0 Å². The molecule has 0 N–H and O–H groups in total. The summed E-state index contributed by atoms with van der Waals surface area (Å²) in [5, 5.41) is 1.34. The van der Waals surface area contributed by atoms with Crippen LogP contribution in [0.4, 0.5) is 5.69 Å². The molecule has 0 atom stereocenters. The Morgan fingerprint density at radius 2 is 1.96 bits per heavy atom. The molecule has 0 unspecified atom stereocenters. The summed E-state index contributed by atoms with van der Waals surface area (Å²) in [6.45, 7) is 3.34. The third-order valence-electron chi connectivity index (χ3n) is 4.15. The summed E-state index contributed by atoms with van der Waals surface area (Å²) in [5.41, 5.74) is 3.85. The Hall–Kier alpha value is -1.69. The van der Waals surface area contributed by atoms with E-state index in [9.17, 15) is 0 Å². The average molecular weight is 405 g/mol. The third kappa shape index (κ3) is 2.99. The minimum Gasteiger partial charge on any atom is -0.378 e. The van der Waals surface area contributed by atoms with Gasteiger partial charge in [0.1, 0.15) is 5.15 Å². The van der Waals surface area contributed by atoms with Gasteiger partial charge in [-0.05, 0) is 46.3 Å². The van der Waals surface area contributed by atoms with E-state index >= 15 is 0 Å². The highest BCUT2D eigenvalue weighted by molar-refractivity contribution is 9.10. The number of rotatable bonds is 2. The Bertz CT molecular complexity index is 897. The fourth-order valence-electron chi connectivity index (χ4n) is 2.91. The second kappa shape index (κ2) is 6.67. The monoisotopic (exact) mass is 403 g/mol. The molecule has 1 aromatic carbocycles. The average Bonchev–Trinajstić information content (AvgIpc) is 2.62. The summed E-state index contributed by atoms with van der Waals surface area (Å²) in [6.07, 6.45) is 1.76. The van der Waals surface area contributed by atoms with Gasteiger partial charge >= 0.3 is 0 Å². The van der Waals surface area contributed by atoms with Crippen molar-refractivity contribution >= 4 is 44.1 Å². The number of hydrogen-bond donors (Lipinski definition) is 0. The maximum atomic E-state index is 6.32. The van der Waals surface area contributed by atoms with Crippen molar-refractivity contribution in [3.8, 4) is 11.3 Å². The van der Waals surface area contributed by atoms with Gasteiger partial charge in [0.05, 0.1) is 30.1 Å². The van der Waals surface area contributed by atoms with E-state index in [1.54, 1.807) is 6.20 Å². The standard InChI is InChI=1S/C18H15BrClN3O/c19-14-10-12(3-4-17(14)23-6-8-24-9-7-23)15-11-16-13(18(20)22-15)2-1-5-21-16/h1-5,10-11H,6-9H2. The number of ether oxygens (including phenoxy) is 1. The van der Waals surface area contributed by atoms with Crippen molar-refractivity contribution < 1.29 is 4.74 Å². The minimum atomic E-state index is 0.476. The molecular formula is C18H15BrClN3O. The Kier molecular flexibility index (Phi) is 4.39. The van der Waals surface area contributed by atoms with E-state index in [1.807, 2.05) is 18.2 Å². The molecule has 0 radical (unpaired) electrons. The van der Waals surface area contributed by atoms with Crippen LogP contribution in [0.1, 0.15) is 0 Å². The van der Waals surface area contributed by atoms with E-state index in [-0.39, 0.29) is 0 Å². The fourth-order valence-corrected chi connectivity index (χ4v) is 3.79. The lowest BCUT2D eigenvalue weighted by Crippen LogP contribution is -2.36. The Morgan fingerprint density at radius 3 is 2.75 bits per heavy atom.